The highest BCUT2D eigenvalue weighted by Gasteiger charge is 2.25. The maximum absolute atomic E-state index is 12.7. The van der Waals surface area contributed by atoms with Gasteiger partial charge in [0, 0.05) is 51.2 Å². The highest BCUT2D eigenvalue weighted by molar-refractivity contribution is 5.97. The van der Waals surface area contributed by atoms with Crippen LogP contribution in [0.2, 0.25) is 0 Å². The molecule has 1 aromatic carbocycles. The van der Waals surface area contributed by atoms with Gasteiger partial charge >= 0.3 is 0 Å². The van der Waals surface area contributed by atoms with Crippen molar-refractivity contribution in [2.24, 2.45) is 7.05 Å². The molecule has 0 radical (unpaired) electrons. The summed E-state index contributed by atoms with van der Waals surface area (Å²) < 4.78 is 7.20. The summed E-state index contributed by atoms with van der Waals surface area (Å²) in [7, 11) is 1.94. The number of carbonyl (C=O) groups is 2. The molecule has 2 amide bonds. The van der Waals surface area contributed by atoms with E-state index >= 15 is 0 Å². The third kappa shape index (κ3) is 3.20. The number of oxazole rings is 1. The standard InChI is InChI=1S/C19H20N4O3/c1-21-5-4-14(12-21)10-18(24)22-6-8-23(9-7-22)19(25)15-2-3-16-17(11-15)26-13-20-16/h2-5,11-13H,6-10H2,1H3. The summed E-state index contributed by atoms with van der Waals surface area (Å²) in [5.41, 5.74) is 2.93. The number of carbonyl (C=O) groups excluding carboxylic acids is 2. The van der Waals surface area contributed by atoms with Gasteiger partial charge < -0.3 is 18.8 Å². The molecule has 7 nitrogen and oxygen atoms in total. The number of amides is 2. The SMILES string of the molecule is Cn1ccc(CC(=O)N2CCN(C(=O)c3ccc4ncoc4c3)CC2)c1. The molecule has 4 rings (SSSR count). The number of aryl methyl sites for hydroxylation is 1. The summed E-state index contributed by atoms with van der Waals surface area (Å²) in [6, 6.07) is 7.22. The molecule has 3 heterocycles. The first-order valence-corrected chi connectivity index (χ1v) is 8.61. The fourth-order valence-corrected chi connectivity index (χ4v) is 3.28. The van der Waals surface area contributed by atoms with Crippen LogP contribution in [0.15, 0.2) is 47.5 Å². The van der Waals surface area contributed by atoms with Crippen molar-refractivity contribution in [1.29, 1.82) is 0 Å². The van der Waals surface area contributed by atoms with Gasteiger partial charge in [0.25, 0.3) is 5.91 Å². The van der Waals surface area contributed by atoms with Crippen LogP contribution in [0.4, 0.5) is 0 Å². The Morgan fingerprint density at radius 2 is 1.88 bits per heavy atom. The number of piperazine rings is 1. The molecular weight excluding hydrogens is 332 g/mol. The monoisotopic (exact) mass is 352 g/mol. The fourth-order valence-electron chi connectivity index (χ4n) is 3.28. The fraction of sp³-hybridized carbons (Fsp3) is 0.316. The van der Waals surface area contributed by atoms with E-state index in [1.165, 1.54) is 6.39 Å². The van der Waals surface area contributed by atoms with Crippen LogP contribution in [0.1, 0.15) is 15.9 Å². The quantitative estimate of drug-likeness (QED) is 0.719. The molecule has 1 aliphatic rings. The molecule has 0 bridgehead atoms. The molecule has 3 aromatic rings. The minimum absolute atomic E-state index is 0.0431. The van der Waals surface area contributed by atoms with E-state index in [0.717, 1.165) is 11.1 Å². The molecule has 1 aliphatic heterocycles. The number of aromatic nitrogens is 2. The second kappa shape index (κ2) is 6.67. The average molecular weight is 352 g/mol. The van der Waals surface area contributed by atoms with Crippen LogP contribution in [-0.4, -0.2) is 57.3 Å². The molecule has 26 heavy (non-hydrogen) atoms. The largest absolute Gasteiger partial charge is 0.443 e. The van der Waals surface area contributed by atoms with Crippen LogP contribution >= 0.6 is 0 Å². The maximum atomic E-state index is 12.7. The van der Waals surface area contributed by atoms with Crippen molar-refractivity contribution in [3.05, 3.63) is 54.2 Å². The van der Waals surface area contributed by atoms with Gasteiger partial charge in [0.05, 0.1) is 6.42 Å². The van der Waals surface area contributed by atoms with E-state index in [2.05, 4.69) is 4.98 Å². The zero-order valence-corrected chi connectivity index (χ0v) is 14.6. The number of benzene rings is 1. The number of hydrogen-bond donors (Lipinski definition) is 0. The molecule has 7 heteroatoms. The molecule has 2 aromatic heterocycles. The van der Waals surface area contributed by atoms with Crippen molar-refractivity contribution in [3.8, 4) is 0 Å². The highest BCUT2D eigenvalue weighted by Crippen LogP contribution is 2.17. The number of rotatable bonds is 3. The van der Waals surface area contributed by atoms with Crippen molar-refractivity contribution >= 4 is 22.9 Å². The molecule has 0 spiro atoms. The van der Waals surface area contributed by atoms with Gasteiger partial charge in [0.15, 0.2) is 12.0 Å². The van der Waals surface area contributed by atoms with E-state index in [1.54, 1.807) is 23.1 Å². The van der Waals surface area contributed by atoms with Crippen LogP contribution in [0.3, 0.4) is 0 Å². The van der Waals surface area contributed by atoms with Crippen LogP contribution in [0, 0.1) is 0 Å². The van der Waals surface area contributed by atoms with Crippen molar-refractivity contribution in [2.75, 3.05) is 26.2 Å². The van der Waals surface area contributed by atoms with E-state index < -0.39 is 0 Å². The Bertz CT molecular complexity index is 951. The van der Waals surface area contributed by atoms with Crippen LogP contribution < -0.4 is 0 Å². The lowest BCUT2D eigenvalue weighted by Gasteiger charge is -2.34. The Labute approximate surface area is 150 Å². The summed E-state index contributed by atoms with van der Waals surface area (Å²) in [5, 5.41) is 0. The number of hydrogen-bond acceptors (Lipinski definition) is 4. The van der Waals surface area contributed by atoms with E-state index in [-0.39, 0.29) is 11.8 Å². The molecule has 0 aliphatic carbocycles. The first-order valence-electron chi connectivity index (χ1n) is 8.61. The Morgan fingerprint density at radius 1 is 1.12 bits per heavy atom. The second-order valence-electron chi connectivity index (χ2n) is 6.57. The first kappa shape index (κ1) is 16.4. The minimum Gasteiger partial charge on any atom is -0.443 e. The van der Waals surface area contributed by atoms with Crippen LogP contribution in [0.5, 0.6) is 0 Å². The van der Waals surface area contributed by atoms with Crippen molar-refractivity contribution in [2.45, 2.75) is 6.42 Å². The van der Waals surface area contributed by atoms with Gasteiger partial charge in [0.2, 0.25) is 5.91 Å². The summed E-state index contributed by atoms with van der Waals surface area (Å²) in [6.07, 6.45) is 5.66. The predicted octanol–water partition coefficient (Wildman–Crippen LogP) is 1.69. The van der Waals surface area contributed by atoms with Gasteiger partial charge in [-0.25, -0.2) is 4.98 Å². The highest BCUT2D eigenvalue weighted by atomic mass is 16.3. The summed E-state index contributed by atoms with van der Waals surface area (Å²) >= 11 is 0. The van der Waals surface area contributed by atoms with E-state index in [9.17, 15) is 9.59 Å². The van der Waals surface area contributed by atoms with Crippen molar-refractivity contribution in [3.63, 3.8) is 0 Å². The molecule has 1 saturated heterocycles. The molecule has 0 atom stereocenters. The zero-order chi connectivity index (χ0) is 18.1. The van der Waals surface area contributed by atoms with E-state index in [0.29, 0.717) is 43.7 Å². The lowest BCUT2D eigenvalue weighted by atomic mass is 10.1. The van der Waals surface area contributed by atoms with E-state index in [1.807, 2.05) is 35.0 Å². The molecule has 0 N–H and O–H groups in total. The van der Waals surface area contributed by atoms with Gasteiger partial charge in [-0.2, -0.15) is 0 Å². The molecular formula is C19H20N4O3. The third-order valence-electron chi connectivity index (χ3n) is 4.75. The minimum atomic E-state index is -0.0431. The Kier molecular flexibility index (Phi) is 4.20. The van der Waals surface area contributed by atoms with Gasteiger partial charge in [-0.3, -0.25) is 9.59 Å². The zero-order valence-electron chi connectivity index (χ0n) is 14.6. The first-order chi connectivity index (χ1) is 12.6. The topological polar surface area (TPSA) is 71.6 Å². The van der Waals surface area contributed by atoms with Crippen molar-refractivity contribution in [1.82, 2.24) is 19.4 Å². The van der Waals surface area contributed by atoms with Crippen LogP contribution in [-0.2, 0) is 18.3 Å². The molecule has 0 unspecified atom stereocenters. The molecule has 1 fully saturated rings. The summed E-state index contributed by atoms with van der Waals surface area (Å²) in [5.74, 6) is 0.0600. The van der Waals surface area contributed by atoms with Gasteiger partial charge in [-0.1, -0.05) is 0 Å². The van der Waals surface area contributed by atoms with Crippen molar-refractivity contribution < 1.29 is 14.0 Å². The molecule has 0 saturated carbocycles. The average Bonchev–Trinajstić information content (AvgIpc) is 3.29. The van der Waals surface area contributed by atoms with Gasteiger partial charge in [-0.05, 0) is 29.8 Å². The Morgan fingerprint density at radius 3 is 2.62 bits per heavy atom. The Hall–Kier alpha value is -3.09. The van der Waals surface area contributed by atoms with Gasteiger partial charge in [-0.15, -0.1) is 0 Å². The molecule has 134 valence electrons. The Balaban J connectivity index is 1.36. The van der Waals surface area contributed by atoms with Gasteiger partial charge in [0.1, 0.15) is 5.52 Å². The summed E-state index contributed by atoms with van der Waals surface area (Å²) in [4.78, 5) is 32.8. The summed E-state index contributed by atoms with van der Waals surface area (Å²) in [6.45, 7) is 2.19. The predicted molar refractivity (Wildman–Crippen MR) is 95.6 cm³/mol. The lowest BCUT2D eigenvalue weighted by molar-refractivity contribution is -0.131. The number of fused-ring (bicyclic) bond motifs is 1. The lowest BCUT2D eigenvalue weighted by Crippen LogP contribution is -2.51. The van der Waals surface area contributed by atoms with Crippen LogP contribution in [0.25, 0.3) is 11.1 Å². The maximum Gasteiger partial charge on any atom is 0.254 e. The smallest absolute Gasteiger partial charge is 0.254 e. The second-order valence-corrected chi connectivity index (χ2v) is 6.57. The normalized spacial score (nSPS) is 14.8. The number of nitrogens with zero attached hydrogens (tertiary/aromatic N) is 4. The third-order valence-corrected chi connectivity index (χ3v) is 4.75. The van der Waals surface area contributed by atoms with E-state index in [4.69, 9.17) is 4.42 Å².